The Morgan fingerprint density at radius 1 is 1.12 bits per heavy atom. The third kappa shape index (κ3) is 4.76. The van der Waals surface area contributed by atoms with Crippen LogP contribution in [0.4, 0.5) is 0 Å². The highest BCUT2D eigenvalue weighted by Crippen LogP contribution is 2.33. The van der Waals surface area contributed by atoms with Gasteiger partial charge < -0.3 is 14.6 Å². The second kappa shape index (κ2) is 8.40. The maximum atomic E-state index is 11.7. The fourth-order valence-corrected chi connectivity index (χ4v) is 3.01. The van der Waals surface area contributed by atoms with Crippen LogP contribution in [0.2, 0.25) is 0 Å². The highest BCUT2D eigenvalue weighted by molar-refractivity contribution is 7.99. The van der Waals surface area contributed by atoms with E-state index in [0.717, 1.165) is 9.79 Å². The number of esters is 1. The summed E-state index contributed by atoms with van der Waals surface area (Å²) in [6, 6.07) is 12.4. The molecule has 0 fully saturated rings. The predicted octanol–water partition coefficient (Wildman–Crippen LogP) is 3.65. The molecule has 0 aliphatic heterocycles. The standard InChI is InChI=1S/C18H18O5S/c1-3-23-18(21)12-4-7-15(8-5-12)24-16-9-6-14(22-2)10-13(16)11-17(19)20/h4-10H,3,11H2,1-2H3,(H,19,20). The molecule has 2 rings (SSSR count). The molecule has 1 N–H and O–H groups in total. The first-order valence-electron chi connectivity index (χ1n) is 7.37. The Labute approximate surface area is 144 Å². The molecule has 0 unspecified atom stereocenters. The van der Waals surface area contributed by atoms with Gasteiger partial charge in [-0.05, 0) is 55.0 Å². The Balaban J connectivity index is 2.20. The van der Waals surface area contributed by atoms with Crippen molar-refractivity contribution in [1.29, 1.82) is 0 Å². The van der Waals surface area contributed by atoms with Crippen LogP contribution in [0.5, 0.6) is 5.75 Å². The highest BCUT2D eigenvalue weighted by Gasteiger charge is 2.11. The molecule has 0 amide bonds. The van der Waals surface area contributed by atoms with Crippen molar-refractivity contribution >= 4 is 23.7 Å². The molecule has 0 aliphatic carbocycles. The molecule has 0 saturated heterocycles. The van der Waals surface area contributed by atoms with E-state index in [-0.39, 0.29) is 12.4 Å². The maximum Gasteiger partial charge on any atom is 0.338 e. The van der Waals surface area contributed by atoms with Gasteiger partial charge in [0.05, 0.1) is 25.7 Å². The van der Waals surface area contributed by atoms with Gasteiger partial charge in [-0.15, -0.1) is 0 Å². The van der Waals surface area contributed by atoms with Crippen LogP contribution >= 0.6 is 11.8 Å². The van der Waals surface area contributed by atoms with Crippen LogP contribution < -0.4 is 4.74 Å². The second-order valence-electron chi connectivity index (χ2n) is 4.89. The minimum atomic E-state index is -0.900. The van der Waals surface area contributed by atoms with Gasteiger partial charge in [-0.1, -0.05) is 11.8 Å². The SMILES string of the molecule is CCOC(=O)c1ccc(Sc2ccc(OC)cc2CC(=O)O)cc1. The number of carbonyl (C=O) groups excluding carboxylic acids is 1. The third-order valence-corrected chi connectivity index (χ3v) is 4.33. The molecule has 0 aliphatic rings. The Bertz CT molecular complexity index is 725. The predicted molar refractivity (Wildman–Crippen MR) is 90.9 cm³/mol. The second-order valence-corrected chi connectivity index (χ2v) is 6.01. The van der Waals surface area contributed by atoms with Gasteiger partial charge in [0.2, 0.25) is 0 Å². The van der Waals surface area contributed by atoms with Crippen LogP contribution in [0.25, 0.3) is 0 Å². The van der Waals surface area contributed by atoms with E-state index in [1.54, 1.807) is 38.3 Å². The average Bonchev–Trinajstić information content (AvgIpc) is 2.57. The molecule has 126 valence electrons. The molecule has 0 aromatic heterocycles. The maximum absolute atomic E-state index is 11.7. The molecule has 0 heterocycles. The molecule has 24 heavy (non-hydrogen) atoms. The summed E-state index contributed by atoms with van der Waals surface area (Å²) in [5.41, 5.74) is 1.17. The van der Waals surface area contributed by atoms with E-state index in [0.29, 0.717) is 23.5 Å². The number of carbonyl (C=O) groups is 2. The molecule has 6 heteroatoms. The smallest absolute Gasteiger partial charge is 0.338 e. The molecule has 0 saturated carbocycles. The van der Waals surface area contributed by atoms with Gasteiger partial charge in [-0.25, -0.2) is 4.79 Å². The summed E-state index contributed by atoms with van der Waals surface area (Å²) in [4.78, 5) is 24.4. The van der Waals surface area contributed by atoms with E-state index >= 15 is 0 Å². The number of hydrogen-bond donors (Lipinski definition) is 1. The Kier molecular flexibility index (Phi) is 6.26. The minimum absolute atomic E-state index is 0.0829. The normalized spacial score (nSPS) is 10.2. The van der Waals surface area contributed by atoms with Gasteiger partial charge in [-0.3, -0.25) is 4.79 Å². The van der Waals surface area contributed by atoms with E-state index < -0.39 is 5.97 Å². The van der Waals surface area contributed by atoms with Crippen LogP contribution in [0.3, 0.4) is 0 Å². The fraction of sp³-hybridized carbons (Fsp3) is 0.222. The van der Waals surface area contributed by atoms with Crippen molar-refractivity contribution in [3.05, 3.63) is 53.6 Å². The highest BCUT2D eigenvalue weighted by atomic mass is 32.2. The molecule has 0 atom stereocenters. The van der Waals surface area contributed by atoms with E-state index in [1.165, 1.54) is 11.8 Å². The topological polar surface area (TPSA) is 72.8 Å². The molecule has 2 aromatic carbocycles. The number of rotatable bonds is 7. The van der Waals surface area contributed by atoms with E-state index in [2.05, 4.69) is 0 Å². The molecular formula is C18H18O5S. The lowest BCUT2D eigenvalue weighted by Crippen LogP contribution is -2.04. The van der Waals surface area contributed by atoms with Crippen molar-refractivity contribution < 1.29 is 24.2 Å². The van der Waals surface area contributed by atoms with Gasteiger partial charge in [0.1, 0.15) is 5.75 Å². The van der Waals surface area contributed by atoms with Gasteiger partial charge in [0.25, 0.3) is 0 Å². The molecule has 5 nitrogen and oxygen atoms in total. The largest absolute Gasteiger partial charge is 0.497 e. The molecule has 0 radical (unpaired) electrons. The summed E-state index contributed by atoms with van der Waals surface area (Å²) in [6.45, 7) is 2.09. The number of ether oxygens (including phenoxy) is 2. The van der Waals surface area contributed by atoms with E-state index in [4.69, 9.17) is 14.6 Å². The number of hydrogen-bond acceptors (Lipinski definition) is 5. The Morgan fingerprint density at radius 2 is 1.83 bits per heavy atom. The monoisotopic (exact) mass is 346 g/mol. The van der Waals surface area contributed by atoms with Gasteiger partial charge in [-0.2, -0.15) is 0 Å². The summed E-state index contributed by atoms with van der Waals surface area (Å²) in [7, 11) is 1.54. The lowest BCUT2D eigenvalue weighted by molar-refractivity contribution is -0.136. The minimum Gasteiger partial charge on any atom is -0.497 e. The first-order chi connectivity index (χ1) is 11.5. The van der Waals surface area contributed by atoms with Crippen molar-refractivity contribution in [3.63, 3.8) is 0 Å². The van der Waals surface area contributed by atoms with E-state index in [9.17, 15) is 9.59 Å². The lowest BCUT2D eigenvalue weighted by Gasteiger charge is -2.10. The molecule has 0 spiro atoms. The van der Waals surface area contributed by atoms with Crippen molar-refractivity contribution in [2.45, 2.75) is 23.1 Å². The number of methoxy groups -OCH3 is 1. The van der Waals surface area contributed by atoms with Crippen molar-refractivity contribution in [2.24, 2.45) is 0 Å². The fourth-order valence-electron chi connectivity index (χ4n) is 2.08. The van der Waals surface area contributed by atoms with Gasteiger partial charge in [0, 0.05) is 9.79 Å². The first kappa shape index (κ1) is 17.9. The number of carboxylic acids is 1. The van der Waals surface area contributed by atoms with Crippen molar-refractivity contribution in [3.8, 4) is 5.75 Å². The summed E-state index contributed by atoms with van der Waals surface area (Å²) in [6.07, 6.45) is -0.0829. The van der Waals surface area contributed by atoms with Gasteiger partial charge in [0.15, 0.2) is 0 Å². The summed E-state index contributed by atoms with van der Waals surface area (Å²) in [5.74, 6) is -0.638. The first-order valence-corrected chi connectivity index (χ1v) is 8.19. The molecule has 2 aromatic rings. The Morgan fingerprint density at radius 3 is 2.42 bits per heavy atom. The van der Waals surface area contributed by atoms with E-state index in [1.807, 2.05) is 18.2 Å². The van der Waals surface area contributed by atoms with Crippen LogP contribution in [-0.2, 0) is 16.0 Å². The van der Waals surface area contributed by atoms with Crippen molar-refractivity contribution in [1.82, 2.24) is 0 Å². The third-order valence-electron chi connectivity index (χ3n) is 3.20. The zero-order valence-electron chi connectivity index (χ0n) is 13.4. The zero-order chi connectivity index (χ0) is 17.5. The zero-order valence-corrected chi connectivity index (χ0v) is 14.3. The quantitative estimate of drug-likeness (QED) is 0.772. The summed E-state index contributed by atoms with van der Waals surface area (Å²) >= 11 is 1.44. The molecular weight excluding hydrogens is 328 g/mol. The average molecular weight is 346 g/mol. The van der Waals surface area contributed by atoms with Crippen molar-refractivity contribution in [2.75, 3.05) is 13.7 Å². The molecule has 0 bridgehead atoms. The van der Waals surface area contributed by atoms with Crippen LogP contribution in [0.15, 0.2) is 52.3 Å². The summed E-state index contributed by atoms with van der Waals surface area (Å²) < 4.78 is 10.1. The van der Waals surface area contributed by atoms with Crippen LogP contribution in [0.1, 0.15) is 22.8 Å². The number of aliphatic carboxylic acids is 1. The summed E-state index contributed by atoms with van der Waals surface area (Å²) in [5, 5.41) is 9.07. The Hall–Kier alpha value is -2.47. The number of benzene rings is 2. The van der Waals surface area contributed by atoms with Crippen LogP contribution in [-0.4, -0.2) is 30.8 Å². The lowest BCUT2D eigenvalue weighted by atomic mass is 10.1. The van der Waals surface area contributed by atoms with Crippen LogP contribution in [0, 0.1) is 0 Å². The van der Waals surface area contributed by atoms with Gasteiger partial charge >= 0.3 is 11.9 Å². The number of carboxylic acid groups (broad SMARTS) is 1.